The fraction of sp³-hybridized carbons (Fsp3) is 0.150. The van der Waals surface area contributed by atoms with Gasteiger partial charge < -0.3 is 10.6 Å². The molecule has 0 amide bonds. The number of aryl methyl sites for hydroxylation is 1. The van der Waals surface area contributed by atoms with Crippen LogP contribution in [0.5, 0.6) is 0 Å². The van der Waals surface area contributed by atoms with E-state index in [-0.39, 0.29) is 0 Å². The summed E-state index contributed by atoms with van der Waals surface area (Å²) in [4.78, 5) is 7.13. The lowest BCUT2D eigenvalue weighted by atomic mass is 9.98. The van der Waals surface area contributed by atoms with Gasteiger partial charge in [-0.1, -0.05) is 29.8 Å². The first-order valence-corrected chi connectivity index (χ1v) is 7.85. The summed E-state index contributed by atoms with van der Waals surface area (Å²) in [6, 6.07) is 14.5. The van der Waals surface area contributed by atoms with Crippen LogP contribution in [0.4, 0.5) is 22.7 Å². The zero-order valence-corrected chi connectivity index (χ0v) is 13.4. The lowest BCUT2D eigenvalue weighted by Gasteiger charge is -2.34. The summed E-state index contributed by atoms with van der Waals surface area (Å²) in [6.07, 6.45) is 5.38. The van der Waals surface area contributed by atoms with Crippen molar-refractivity contribution in [2.45, 2.75) is 20.3 Å². The van der Waals surface area contributed by atoms with Crippen molar-refractivity contribution in [3.8, 4) is 0 Å². The van der Waals surface area contributed by atoms with Gasteiger partial charge >= 0.3 is 0 Å². The van der Waals surface area contributed by atoms with Crippen molar-refractivity contribution in [3.63, 3.8) is 0 Å². The average molecular weight is 301 g/mol. The Morgan fingerprint density at radius 3 is 2.65 bits per heavy atom. The number of nitrogen functional groups attached to an aromatic ring is 1. The third kappa shape index (κ3) is 2.25. The minimum absolute atomic E-state index is 0.798. The van der Waals surface area contributed by atoms with Crippen molar-refractivity contribution in [2.75, 3.05) is 10.6 Å². The fourth-order valence-corrected chi connectivity index (χ4v) is 3.10. The van der Waals surface area contributed by atoms with Crippen molar-refractivity contribution in [1.29, 1.82) is 0 Å². The molecule has 1 aliphatic heterocycles. The Labute approximate surface area is 136 Å². The Hall–Kier alpha value is -2.81. The van der Waals surface area contributed by atoms with E-state index in [9.17, 15) is 0 Å². The monoisotopic (exact) mass is 301 g/mol. The molecule has 1 aliphatic carbocycles. The van der Waals surface area contributed by atoms with E-state index < -0.39 is 0 Å². The number of benzene rings is 2. The molecule has 0 atom stereocenters. The molecule has 0 fully saturated rings. The van der Waals surface area contributed by atoms with Gasteiger partial charge in [-0.3, -0.25) is 0 Å². The number of allylic oxidation sites excluding steroid dienone is 3. The Bertz CT molecular complexity index is 873. The molecule has 0 saturated carbocycles. The van der Waals surface area contributed by atoms with Crippen molar-refractivity contribution < 1.29 is 0 Å². The second-order valence-electron chi connectivity index (χ2n) is 6.15. The van der Waals surface area contributed by atoms with Crippen molar-refractivity contribution >= 4 is 28.5 Å². The number of anilines is 3. The van der Waals surface area contributed by atoms with Gasteiger partial charge in [0.1, 0.15) is 0 Å². The molecule has 0 bridgehead atoms. The molecule has 3 nitrogen and oxygen atoms in total. The van der Waals surface area contributed by atoms with Gasteiger partial charge in [-0.25, -0.2) is 4.99 Å². The lowest BCUT2D eigenvalue weighted by Crippen LogP contribution is -2.26. The molecular formula is C20H19N3. The maximum absolute atomic E-state index is 6.17. The number of hydrogen-bond donors (Lipinski definition) is 1. The summed E-state index contributed by atoms with van der Waals surface area (Å²) in [5, 5.41) is 0. The van der Waals surface area contributed by atoms with Crippen LogP contribution in [-0.2, 0) is 0 Å². The molecule has 2 aromatic rings. The lowest BCUT2D eigenvalue weighted by molar-refractivity contribution is 1.11. The van der Waals surface area contributed by atoms with Crippen LogP contribution in [0.2, 0.25) is 0 Å². The maximum atomic E-state index is 6.17. The summed E-state index contributed by atoms with van der Waals surface area (Å²) < 4.78 is 0. The van der Waals surface area contributed by atoms with Crippen LogP contribution in [0.15, 0.2) is 70.9 Å². The van der Waals surface area contributed by atoms with Crippen molar-refractivity contribution in [1.82, 2.24) is 0 Å². The molecule has 2 aromatic carbocycles. The molecule has 2 aliphatic rings. The molecule has 4 rings (SSSR count). The van der Waals surface area contributed by atoms with Gasteiger partial charge in [0, 0.05) is 11.4 Å². The largest absolute Gasteiger partial charge is 0.398 e. The van der Waals surface area contributed by atoms with Crippen LogP contribution in [0, 0.1) is 6.92 Å². The molecule has 0 radical (unpaired) electrons. The molecule has 0 spiro atoms. The second-order valence-corrected chi connectivity index (χ2v) is 6.15. The summed E-state index contributed by atoms with van der Waals surface area (Å²) >= 11 is 0. The summed E-state index contributed by atoms with van der Waals surface area (Å²) in [5.74, 6) is 0. The Kier molecular flexibility index (Phi) is 3.08. The highest BCUT2D eigenvalue weighted by Gasteiger charge is 2.27. The number of aliphatic imine (C=N–C) groups is 1. The number of nitrogens with two attached hydrogens (primary N) is 1. The summed E-state index contributed by atoms with van der Waals surface area (Å²) in [6.45, 7) is 4.17. The normalized spacial score (nSPS) is 16.1. The quantitative estimate of drug-likeness (QED) is 0.750. The Morgan fingerprint density at radius 1 is 1.09 bits per heavy atom. The van der Waals surface area contributed by atoms with Gasteiger partial charge in [-0.05, 0) is 56.2 Å². The third-order valence-electron chi connectivity index (χ3n) is 4.36. The van der Waals surface area contributed by atoms with E-state index in [0.717, 1.165) is 46.1 Å². The number of rotatable bonds is 1. The highest BCUT2D eigenvalue weighted by Crippen LogP contribution is 2.44. The zero-order valence-electron chi connectivity index (χ0n) is 13.4. The molecular weight excluding hydrogens is 282 g/mol. The predicted octanol–water partition coefficient (Wildman–Crippen LogP) is 5.04. The topological polar surface area (TPSA) is 41.6 Å². The molecule has 3 heteroatoms. The number of hydrogen-bond acceptors (Lipinski definition) is 3. The number of fused-ring (bicyclic) bond motifs is 2. The van der Waals surface area contributed by atoms with Crippen LogP contribution in [0.1, 0.15) is 18.9 Å². The number of para-hydroxylation sites is 1. The standard InChI is InChI=1S/C20H19N3/c1-13-8-9-19-17(10-13)22-18-11-14(2)16(21)12-20(18)23(19)15-6-4-3-5-7-15/h3-7,9-12H,8,21H2,1-2H3. The van der Waals surface area contributed by atoms with Crippen LogP contribution in [-0.4, -0.2) is 5.71 Å². The van der Waals surface area contributed by atoms with Gasteiger partial charge in [0.2, 0.25) is 0 Å². The van der Waals surface area contributed by atoms with Gasteiger partial charge in [-0.2, -0.15) is 0 Å². The molecule has 0 saturated heterocycles. The molecule has 1 heterocycles. The smallest absolute Gasteiger partial charge is 0.0882 e. The van der Waals surface area contributed by atoms with E-state index in [2.05, 4.69) is 54.3 Å². The van der Waals surface area contributed by atoms with E-state index in [1.807, 2.05) is 19.1 Å². The van der Waals surface area contributed by atoms with Gasteiger partial charge in [0.15, 0.2) is 0 Å². The molecule has 0 aromatic heterocycles. The third-order valence-corrected chi connectivity index (χ3v) is 4.36. The van der Waals surface area contributed by atoms with E-state index in [1.54, 1.807) is 0 Å². The fourth-order valence-electron chi connectivity index (χ4n) is 3.10. The minimum Gasteiger partial charge on any atom is -0.398 e. The average Bonchev–Trinajstić information content (AvgIpc) is 2.55. The van der Waals surface area contributed by atoms with Crippen LogP contribution >= 0.6 is 0 Å². The Balaban J connectivity index is 1.98. The first-order chi connectivity index (χ1) is 11.1. The van der Waals surface area contributed by atoms with Crippen molar-refractivity contribution in [2.24, 2.45) is 4.99 Å². The molecule has 0 unspecified atom stereocenters. The first kappa shape index (κ1) is 13.8. The van der Waals surface area contributed by atoms with Gasteiger partial charge in [-0.15, -0.1) is 0 Å². The van der Waals surface area contributed by atoms with Crippen LogP contribution < -0.4 is 10.6 Å². The summed E-state index contributed by atoms with van der Waals surface area (Å²) in [7, 11) is 0. The van der Waals surface area contributed by atoms with Gasteiger partial charge in [0.25, 0.3) is 0 Å². The van der Waals surface area contributed by atoms with Crippen molar-refractivity contribution in [3.05, 3.63) is 71.5 Å². The van der Waals surface area contributed by atoms with E-state index in [4.69, 9.17) is 10.7 Å². The highest BCUT2D eigenvalue weighted by molar-refractivity contribution is 6.17. The first-order valence-electron chi connectivity index (χ1n) is 7.85. The maximum Gasteiger partial charge on any atom is 0.0882 e. The zero-order chi connectivity index (χ0) is 16.0. The van der Waals surface area contributed by atoms with Gasteiger partial charge in [0.05, 0.1) is 22.8 Å². The minimum atomic E-state index is 0.798. The second kappa shape index (κ2) is 5.13. The van der Waals surface area contributed by atoms with E-state index in [1.165, 1.54) is 5.57 Å². The number of nitrogens with zero attached hydrogens (tertiary/aromatic N) is 2. The molecule has 114 valence electrons. The van der Waals surface area contributed by atoms with E-state index in [0.29, 0.717) is 0 Å². The molecule has 2 N–H and O–H groups in total. The van der Waals surface area contributed by atoms with Crippen LogP contribution in [0.3, 0.4) is 0 Å². The molecule has 23 heavy (non-hydrogen) atoms. The van der Waals surface area contributed by atoms with E-state index >= 15 is 0 Å². The summed E-state index contributed by atoms with van der Waals surface area (Å²) in [5.41, 5.74) is 14.7. The van der Waals surface area contributed by atoms with Crippen LogP contribution in [0.25, 0.3) is 0 Å². The predicted molar refractivity (Wildman–Crippen MR) is 97.7 cm³/mol. The SMILES string of the molecule is CC1=CC2=Nc3cc(C)c(N)cc3N(c3ccccc3)C2=CC1. The Morgan fingerprint density at radius 2 is 1.87 bits per heavy atom. The highest BCUT2D eigenvalue weighted by atomic mass is 15.2.